The van der Waals surface area contributed by atoms with Gasteiger partial charge < -0.3 is 5.73 Å². The van der Waals surface area contributed by atoms with E-state index in [1.54, 1.807) is 0 Å². The van der Waals surface area contributed by atoms with Crippen molar-refractivity contribution in [3.63, 3.8) is 0 Å². The van der Waals surface area contributed by atoms with E-state index in [-0.39, 0.29) is 30.2 Å². The van der Waals surface area contributed by atoms with Crippen LogP contribution in [0.3, 0.4) is 0 Å². The summed E-state index contributed by atoms with van der Waals surface area (Å²) < 4.78 is 26.5. The Kier molecular flexibility index (Phi) is 5.22. The normalized spacial score (nSPS) is 12.5. The van der Waals surface area contributed by atoms with Crippen LogP contribution in [0.15, 0.2) is 18.2 Å². The molecule has 0 bridgehead atoms. The quantitative estimate of drug-likeness (QED) is 0.831. The molecular weight excluding hydrogens is 224 g/mol. The number of carbonyl (C=O) groups excluding carboxylic acids is 1. The third-order valence-electron chi connectivity index (χ3n) is 2.58. The van der Waals surface area contributed by atoms with Crippen molar-refractivity contribution in [2.24, 2.45) is 5.73 Å². The van der Waals surface area contributed by atoms with Crippen molar-refractivity contribution in [1.29, 1.82) is 0 Å². The molecule has 0 aliphatic rings. The highest BCUT2D eigenvalue weighted by atomic mass is 19.1. The van der Waals surface area contributed by atoms with Crippen molar-refractivity contribution < 1.29 is 13.6 Å². The standard InChI is InChI=1S/C13H17F2NO/c1-2-4-9(16)7-10(17)8-11-12(14)5-3-6-13(11)15/h3,5-6,9H,2,4,7-8,16H2,1H3. The van der Waals surface area contributed by atoms with E-state index >= 15 is 0 Å². The fraction of sp³-hybridized carbons (Fsp3) is 0.462. The van der Waals surface area contributed by atoms with Crippen LogP contribution in [-0.4, -0.2) is 11.8 Å². The molecular formula is C13H17F2NO. The Labute approximate surface area is 99.8 Å². The van der Waals surface area contributed by atoms with Crippen molar-refractivity contribution in [1.82, 2.24) is 0 Å². The summed E-state index contributed by atoms with van der Waals surface area (Å²) in [7, 11) is 0. The highest BCUT2D eigenvalue weighted by Gasteiger charge is 2.15. The average Bonchev–Trinajstić information content (AvgIpc) is 2.24. The first-order valence-corrected chi connectivity index (χ1v) is 5.74. The first-order chi connectivity index (χ1) is 8.04. The molecule has 0 fully saturated rings. The van der Waals surface area contributed by atoms with Gasteiger partial charge in [-0.1, -0.05) is 19.4 Å². The lowest BCUT2D eigenvalue weighted by molar-refractivity contribution is -0.118. The van der Waals surface area contributed by atoms with Gasteiger partial charge in [-0.3, -0.25) is 4.79 Å². The predicted octanol–water partition coefficient (Wildman–Crippen LogP) is 2.59. The van der Waals surface area contributed by atoms with Crippen molar-refractivity contribution >= 4 is 5.78 Å². The maximum Gasteiger partial charge on any atom is 0.139 e. The van der Waals surface area contributed by atoms with Gasteiger partial charge in [-0.15, -0.1) is 0 Å². The smallest absolute Gasteiger partial charge is 0.139 e. The molecule has 0 spiro atoms. The number of hydrogen-bond acceptors (Lipinski definition) is 2. The number of rotatable bonds is 6. The minimum atomic E-state index is -0.678. The largest absolute Gasteiger partial charge is 0.327 e. The van der Waals surface area contributed by atoms with E-state index in [1.165, 1.54) is 6.07 Å². The van der Waals surface area contributed by atoms with Crippen LogP contribution in [0.2, 0.25) is 0 Å². The molecule has 0 amide bonds. The maximum atomic E-state index is 13.3. The van der Waals surface area contributed by atoms with E-state index in [4.69, 9.17) is 5.73 Å². The Bertz CT molecular complexity index is 373. The first kappa shape index (κ1) is 13.8. The number of carbonyl (C=O) groups is 1. The minimum absolute atomic E-state index is 0.166. The van der Waals surface area contributed by atoms with E-state index in [0.29, 0.717) is 0 Å². The highest BCUT2D eigenvalue weighted by Crippen LogP contribution is 2.14. The van der Waals surface area contributed by atoms with Crippen LogP contribution in [0.5, 0.6) is 0 Å². The number of Topliss-reactive ketones (excluding diaryl/α,β-unsaturated/α-hetero) is 1. The van der Waals surface area contributed by atoms with Gasteiger partial charge in [-0.2, -0.15) is 0 Å². The topological polar surface area (TPSA) is 43.1 Å². The van der Waals surface area contributed by atoms with Gasteiger partial charge >= 0.3 is 0 Å². The van der Waals surface area contributed by atoms with E-state index in [1.807, 2.05) is 6.92 Å². The van der Waals surface area contributed by atoms with E-state index in [2.05, 4.69) is 0 Å². The third kappa shape index (κ3) is 4.23. The minimum Gasteiger partial charge on any atom is -0.327 e. The van der Waals surface area contributed by atoms with Gasteiger partial charge in [0.15, 0.2) is 0 Å². The fourth-order valence-electron chi connectivity index (χ4n) is 1.74. The van der Waals surface area contributed by atoms with Gasteiger partial charge in [0.2, 0.25) is 0 Å². The molecule has 0 radical (unpaired) electrons. The second-order valence-corrected chi connectivity index (χ2v) is 4.17. The molecule has 1 atom stereocenters. The van der Waals surface area contributed by atoms with Crippen molar-refractivity contribution in [2.45, 2.75) is 38.6 Å². The lowest BCUT2D eigenvalue weighted by Crippen LogP contribution is -2.24. The average molecular weight is 241 g/mol. The number of nitrogens with two attached hydrogens (primary N) is 1. The summed E-state index contributed by atoms with van der Waals surface area (Å²) in [5.41, 5.74) is 5.54. The third-order valence-corrected chi connectivity index (χ3v) is 2.58. The Morgan fingerprint density at radius 2 is 1.94 bits per heavy atom. The number of benzene rings is 1. The molecule has 1 aromatic carbocycles. The first-order valence-electron chi connectivity index (χ1n) is 5.74. The number of hydrogen-bond donors (Lipinski definition) is 1. The van der Waals surface area contributed by atoms with E-state index in [0.717, 1.165) is 25.0 Å². The van der Waals surface area contributed by atoms with Crippen LogP contribution in [0, 0.1) is 11.6 Å². The van der Waals surface area contributed by atoms with Crippen LogP contribution >= 0.6 is 0 Å². The molecule has 0 saturated carbocycles. The van der Waals surface area contributed by atoms with E-state index in [9.17, 15) is 13.6 Å². The van der Waals surface area contributed by atoms with Gasteiger partial charge in [0.25, 0.3) is 0 Å². The molecule has 1 aromatic rings. The summed E-state index contributed by atoms with van der Waals surface area (Å²) in [6, 6.07) is 3.36. The summed E-state index contributed by atoms with van der Waals surface area (Å²) in [4.78, 5) is 11.6. The lowest BCUT2D eigenvalue weighted by Gasteiger charge is -2.09. The Morgan fingerprint density at radius 3 is 2.47 bits per heavy atom. The molecule has 2 nitrogen and oxygen atoms in total. The summed E-state index contributed by atoms with van der Waals surface area (Å²) in [5.74, 6) is -1.58. The summed E-state index contributed by atoms with van der Waals surface area (Å²) in [6.07, 6.45) is 1.57. The van der Waals surface area contributed by atoms with Gasteiger partial charge in [-0.25, -0.2) is 8.78 Å². The monoisotopic (exact) mass is 241 g/mol. The van der Waals surface area contributed by atoms with Crippen LogP contribution in [0.1, 0.15) is 31.7 Å². The second kappa shape index (κ2) is 6.45. The molecule has 0 heterocycles. The van der Waals surface area contributed by atoms with E-state index < -0.39 is 11.6 Å². The maximum absolute atomic E-state index is 13.3. The predicted molar refractivity (Wildman–Crippen MR) is 62.6 cm³/mol. The van der Waals surface area contributed by atoms with Gasteiger partial charge in [0, 0.05) is 24.4 Å². The molecule has 1 rings (SSSR count). The number of ketones is 1. The van der Waals surface area contributed by atoms with Crippen LogP contribution in [0.25, 0.3) is 0 Å². The summed E-state index contributed by atoms with van der Waals surface area (Å²) in [5, 5.41) is 0. The number of halogens is 2. The lowest BCUT2D eigenvalue weighted by atomic mass is 10.0. The Balaban J connectivity index is 2.62. The van der Waals surface area contributed by atoms with Crippen molar-refractivity contribution in [2.75, 3.05) is 0 Å². The van der Waals surface area contributed by atoms with Crippen LogP contribution in [-0.2, 0) is 11.2 Å². The van der Waals surface area contributed by atoms with Gasteiger partial charge in [-0.05, 0) is 18.6 Å². The molecule has 17 heavy (non-hydrogen) atoms. The SMILES string of the molecule is CCCC(N)CC(=O)Cc1c(F)cccc1F. The molecule has 94 valence electrons. The van der Waals surface area contributed by atoms with Gasteiger partial charge in [0.1, 0.15) is 17.4 Å². The molecule has 0 saturated heterocycles. The van der Waals surface area contributed by atoms with Crippen molar-refractivity contribution in [3.05, 3.63) is 35.4 Å². The Morgan fingerprint density at radius 1 is 1.35 bits per heavy atom. The van der Waals surface area contributed by atoms with Crippen LogP contribution < -0.4 is 5.73 Å². The Hall–Kier alpha value is -1.29. The molecule has 0 aliphatic carbocycles. The van der Waals surface area contributed by atoms with Gasteiger partial charge in [0.05, 0.1) is 0 Å². The van der Waals surface area contributed by atoms with Crippen molar-refractivity contribution in [3.8, 4) is 0 Å². The molecule has 0 aliphatic heterocycles. The highest BCUT2D eigenvalue weighted by molar-refractivity contribution is 5.81. The molecule has 0 aromatic heterocycles. The fourth-order valence-corrected chi connectivity index (χ4v) is 1.74. The molecule has 1 unspecified atom stereocenters. The molecule has 4 heteroatoms. The zero-order valence-corrected chi connectivity index (χ0v) is 9.88. The summed E-state index contributed by atoms with van der Waals surface area (Å²) in [6.45, 7) is 1.97. The zero-order valence-electron chi connectivity index (χ0n) is 9.88. The van der Waals surface area contributed by atoms with Crippen LogP contribution in [0.4, 0.5) is 8.78 Å². The molecule has 2 N–H and O–H groups in total. The zero-order chi connectivity index (χ0) is 12.8. The summed E-state index contributed by atoms with van der Waals surface area (Å²) >= 11 is 0. The second-order valence-electron chi connectivity index (χ2n) is 4.17.